The van der Waals surface area contributed by atoms with Gasteiger partial charge in [-0.2, -0.15) is 5.10 Å². The van der Waals surface area contributed by atoms with Crippen molar-refractivity contribution < 1.29 is 0 Å². The van der Waals surface area contributed by atoms with Gasteiger partial charge in [-0.05, 0) is 37.8 Å². The van der Waals surface area contributed by atoms with E-state index < -0.39 is 0 Å². The van der Waals surface area contributed by atoms with Crippen molar-refractivity contribution in [3.05, 3.63) is 17.5 Å². The van der Waals surface area contributed by atoms with Crippen molar-refractivity contribution >= 4 is 0 Å². The second-order valence-electron chi connectivity index (χ2n) is 5.15. The Balaban J connectivity index is 2.02. The number of nitrogens with one attached hydrogen (secondary N) is 1. The molecule has 1 heterocycles. The van der Waals surface area contributed by atoms with E-state index in [1.165, 1.54) is 12.1 Å². The van der Waals surface area contributed by atoms with Gasteiger partial charge in [0.25, 0.3) is 0 Å². The zero-order valence-corrected chi connectivity index (χ0v) is 10.8. The van der Waals surface area contributed by atoms with E-state index in [-0.39, 0.29) is 0 Å². The number of hydrogen-bond acceptors (Lipinski definition) is 2. The van der Waals surface area contributed by atoms with Gasteiger partial charge >= 0.3 is 0 Å². The SMILES string of the molecule is CCNC(Cc1cc(C)nn1C)C1CC1C. The minimum Gasteiger partial charge on any atom is -0.314 e. The molecule has 0 aromatic carbocycles. The minimum absolute atomic E-state index is 0.634. The first-order valence-electron chi connectivity index (χ1n) is 6.34. The van der Waals surface area contributed by atoms with Crippen molar-refractivity contribution in [1.29, 1.82) is 0 Å². The van der Waals surface area contributed by atoms with E-state index in [2.05, 4.69) is 37.3 Å². The van der Waals surface area contributed by atoms with Crippen molar-refractivity contribution in [2.24, 2.45) is 18.9 Å². The Labute approximate surface area is 98.2 Å². The third-order valence-electron chi connectivity index (χ3n) is 3.68. The average Bonchev–Trinajstić information content (AvgIpc) is 2.84. The molecule has 16 heavy (non-hydrogen) atoms. The first-order chi connectivity index (χ1) is 7.61. The summed E-state index contributed by atoms with van der Waals surface area (Å²) in [5.74, 6) is 1.77. The fraction of sp³-hybridized carbons (Fsp3) is 0.769. The van der Waals surface area contributed by atoms with E-state index in [0.29, 0.717) is 6.04 Å². The van der Waals surface area contributed by atoms with Gasteiger partial charge in [-0.3, -0.25) is 4.68 Å². The highest BCUT2D eigenvalue weighted by Gasteiger charge is 2.39. The van der Waals surface area contributed by atoms with Crippen molar-refractivity contribution in [2.45, 2.75) is 39.7 Å². The molecular weight excluding hydrogens is 198 g/mol. The van der Waals surface area contributed by atoms with Crippen LogP contribution in [0.1, 0.15) is 31.7 Å². The Morgan fingerprint density at radius 3 is 2.75 bits per heavy atom. The van der Waals surface area contributed by atoms with E-state index >= 15 is 0 Å². The molecule has 1 saturated carbocycles. The van der Waals surface area contributed by atoms with Gasteiger partial charge in [-0.1, -0.05) is 13.8 Å². The molecular formula is C13H23N3. The second kappa shape index (κ2) is 4.58. The molecule has 0 radical (unpaired) electrons. The number of nitrogens with zero attached hydrogens (tertiary/aromatic N) is 2. The Kier molecular flexibility index (Phi) is 3.33. The van der Waals surface area contributed by atoms with Gasteiger partial charge in [0.2, 0.25) is 0 Å². The van der Waals surface area contributed by atoms with Crippen LogP contribution in [-0.2, 0) is 13.5 Å². The van der Waals surface area contributed by atoms with Crippen LogP contribution in [0.5, 0.6) is 0 Å². The summed E-state index contributed by atoms with van der Waals surface area (Å²) in [4.78, 5) is 0. The molecule has 3 heteroatoms. The normalized spacial score (nSPS) is 25.8. The summed E-state index contributed by atoms with van der Waals surface area (Å²) in [5, 5.41) is 8.03. The summed E-state index contributed by atoms with van der Waals surface area (Å²) < 4.78 is 2.02. The van der Waals surface area contributed by atoms with E-state index in [1.54, 1.807) is 0 Å². The molecule has 90 valence electrons. The lowest BCUT2D eigenvalue weighted by atomic mass is 10.0. The number of hydrogen-bond donors (Lipinski definition) is 1. The first-order valence-corrected chi connectivity index (χ1v) is 6.34. The zero-order chi connectivity index (χ0) is 11.7. The van der Waals surface area contributed by atoms with E-state index in [9.17, 15) is 0 Å². The maximum atomic E-state index is 4.41. The molecule has 1 aliphatic carbocycles. The van der Waals surface area contributed by atoms with Crippen LogP contribution in [0.3, 0.4) is 0 Å². The molecule has 0 amide bonds. The summed E-state index contributed by atoms with van der Waals surface area (Å²) in [6.07, 6.45) is 2.49. The smallest absolute Gasteiger partial charge is 0.0596 e. The molecule has 0 saturated heterocycles. The number of likely N-dealkylation sites (N-methyl/N-ethyl adjacent to an activating group) is 1. The van der Waals surface area contributed by atoms with E-state index in [1.807, 2.05) is 11.7 Å². The largest absolute Gasteiger partial charge is 0.314 e. The van der Waals surface area contributed by atoms with Crippen LogP contribution in [0.2, 0.25) is 0 Å². The van der Waals surface area contributed by atoms with Crippen LogP contribution in [0, 0.1) is 18.8 Å². The van der Waals surface area contributed by atoms with Crippen LogP contribution in [0.15, 0.2) is 6.07 Å². The molecule has 2 rings (SSSR count). The molecule has 1 fully saturated rings. The molecule has 3 atom stereocenters. The molecule has 0 aliphatic heterocycles. The zero-order valence-electron chi connectivity index (χ0n) is 10.8. The van der Waals surface area contributed by atoms with Gasteiger partial charge < -0.3 is 5.32 Å². The summed E-state index contributed by atoms with van der Waals surface area (Å²) in [6, 6.07) is 2.84. The third kappa shape index (κ3) is 2.46. The maximum absolute atomic E-state index is 4.41. The molecule has 3 unspecified atom stereocenters. The van der Waals surface area contributed by atoms with Crippen LogP contribution in [-0.4, -0.2) is 22.4 Å². The molecule has 0 bridgehead atoms. The number of aromatic nitrogens is 2. The molecule has 1 aromatic rings. The summed E-state index contributed by atoms with van der Waals surface area (Å²) in [6.45, 7) is 7.66. The molecule has 3 nitrogen and oxygen atoms in total. The van der Waals surface area contributed by atoms with Gasteiger partial charge in [0.1, 0.15) is 0 Å². The van der Waals surface area contributed by atoms with Gasteiger partial charge in [-0.25, -0.2) is 0 Å². The summed E-state index contributed by atoms with van der Waals surface area (Å²) in [5.41, 5.74) is 2.47. The first kappa shape index (κ1) is 11.6. The van der Waals surface area contributed by atoms with Gasteiger partial charge in [0, 0.05) is 25.2 Å². The standard InChI is InChI=1S/C13H23N3/c1-5-14-13(12-6-9(12)2)8-11-7-10(3)15-16(11)4/h7,9,12-14H,5-6,8H2,1-4H3. The summed E-state index contributed by atoms with van der Waals surface area (Å²) >= 11 is 0. The molecule has 1 aliphatic rings. The Morgan fingerprint density at radius 1 is 1.62 bits per heavy atom. The van der Waals surface area contributed by atoms with Crippen LogP contribution in [0.25, 0.3) is 0 Å². The van der Waals surface area contributed by atoms with E-state index in [0.717, 1.165) is 30.5 Å². The van der Waals surface area contributed by atoms with Crippen LogP contribution >= 0.6 is 0 Å². The predicted molar refractivity (Wildman–Crippen MR) is 66.4 cm³/mol. The third-order valence-corrected chi connectivity index (χ3v) is 3.68. The minimum atomic E-state index is 0.634. The average molecular weight is 221 g/mol. The number of rotatable bonds is 5. The van der Waals surface area contributed by atoms with E-state index in [4.69, 9.17) is 0 Å². The monoisotopic (exact) mass is 221 g/mol. The quantitative estimate of drug-likeness (QED) is 0.823. The fourth-order valence-electron chi connectivity index (χ4n) is 2.63. The lowest BCUT2D eigenvalue weighted by Gasteiger charge is -2.17. The Morgan fingerprint density at radius 2 is 2.31 bits per heavy atom. The van der Waals surface area contributed by atoms with Crippen molar-refractivity contribution in [1.82, 2.24) is 15.1 Å². The highest BCUT2D eigenvalue weighted by Crippen LogP contribution is 2.41. The lowest BCUT2D eigenvalue weighted by Crippen LogP contribution is -2.34. The van der Waals surface area contributed by atoms with Crippen molar-refractivity contribution in [3.8, 4) is 0 Å². The highest BCUT2D eigenvalue weighted by molar-refractivity contribution is 5.11. The van der Waals surface area contributed by atoms with Gasteiger partial charge in [-0.15, -0.1) is 0 Å². The van der Waals surface area contributed by atoms with Crippen molar-refractivity contribution in [2.75, 3.05) is 6.54 Å². The van der Waals surface area contributed by atoms with Gasteiger partial charge in [0.15, 0.2) is 0 Å². The molecule has 1 N–H and O–H groups in total. The summed E-state index contributed by atoms with van der Waals surface area (Å²) in [7, 11) is 2.04. The van der Waals surface area contributed by atoms with Crippen LogP contribution < -0.4 is 5.32 Å². The second-order valence-corrected chi connectivity index (χ2v) is 5.15. The van der Waals surface area contributed by atoms with Crippen LogP contribution in [0.4, 0.5) is 0 Å². The predicted octanol–water partition coefficient (Wildman–Crippen LogP) is 1.91. The maximum Gasteiger partial charge on any atom is 0.0596 e. The topological polar surface area (TPSA) is 29.9 Å². The number of aryl methyl sites for hydroxylation is 2. The molecule has 0 spiro atoms. The highest BCUT2D eigenvalue weighted by atomic mass is 15.3. The molecule has 1 aromatic heterocycles. The Hall–Kier alpha value is -0.830. The van der Waals surface area contributed by atoms with Gasteiger partial charge in [0.05, 0.1) is 5.69 Å². The lowest BCUT2D eigenvalue weighted by molar-refractivity contribution is 0.443. The van der Waals surface area contributed by atoms with Crippen molar-refractivity contribution in [3.63, 3.8) is 0 Å². The fourth-order valence-corrected chi connectivity index (χ4v) is 2.63. The Bertz CT molecular complexity index is 356.